The maximum absolute atomic E-state index is 11.0. The van der Waals surface area contributed by atoms with E-state index in [-0.39, 0.29) is 19.3 Å². The Morgan fingerprint density at radius 1 is 1.50 bits per heavy atom. The lowest BCUT2D eigenvalue weighted by Crippen LogP contribution is -2.31. The Morgan fingerprint density at radius 3 is 2.75 bits per heavy atom. The molecule has 0 bridgehead atoms. The molecule has 1 saturated heterocycles. The molecule has 1 heterocycles. The van der Waals surface area contributed by atoms with Crippen LogP contribution >= 0.6 is 0 Å². The van der Waals surface area contributed by atoms with Crippen molar-refractivity contribution in [2.45, 2.75) is 6.04 Å². The highest BCUT2D eigenvalue weighted by atomic mass is 16.6. The largest absolute Gasteiger partial charge is 0.466 e. The molecule has 1 N–H and O–H groups in total. The lowest BCUT2D eigenvalue weighted by Gasteiger charge is -2.06. The van der Waals surface area contributed by atoms with E-state index in [1.165, 1.54) is 7.11 Å². The van der Waals surface area contributed by atoms with E-state index >= 15 is 0 Å². The fourth-order valence-electron chi connectivity index (χ4n) is 0.951. The quantitative estimate of drug-likeness (QED) is 0.392. The van der Waals surface area contributed by atoms with Gasteiger partial charge in [-0.2, -0.15) is 0 Å². The molecule has 1 rings (SSSR count). The molecule has 1 atom stereocenters. The molecular weight excluding hydrogens is 218 g/mol. The smallest absolute Gasteiger partial charge is 0.407 e. The van der Waals surface area contributed by atoms with E-state index in [9.17, 15) is 14.4 Å². The second kappa shape index (κ2) is 5.74. The van der Waals surface area contributed by atoms with Crippen molar-refractivity contribution in [1.29, 1.82) is 0 Å². The van der Waals surface area contributed by atoms with Crippen LogP contribution in [0, 0.1) is 0 Å². The van der Waals surface area contributed by atoms with Gasteiger partial charge in [0.15, 0.2) is 0 Å². The standard InChI is InChI=1S/C9H11NO6/c1-14-7(11)2-3-8(12)15-4-6-5-16-9(13)10-6/h2-3,6H,4-5H2,1H3,(H,10,13)/b3-2+/t6-/m0/s1. The van der Waals surface area contributed by atoms with Crippen molar-refractivity contribution in [2.75, 3.05) is 20.3 Å². The number of hydrogen-bond donors (Lipinski definition) is 1. The van der Waals surface area contributed by atoms with Crippen LogP contribution in [0.15, 0.2) is 12.2 Å². The number of amides is 1. The van der Waals surface area contributed by atoms with E-state index in [1.54, 1.807) is 0 Å². The fraction of sp³-hybridized carbons (Fsp3) is 0.444. The van der Waals surface area contributed by atoms with Gasteiger partial charge in [-0.25, -0.2) is 14.4 Å². The monoisotopic (exact) mass is 229 g/mol. The maximum Gasteiger partial charge on any atom is 0.407 e. The highest BCUT2D eigenvalue weighted by Crippen LogP contribution is 1.98. The number of carbonyl (C=O) groups excluding carboxylic acids is 3. The number of methoxy groups -OCH3 is 1. The Balaban J connectivity index is 2.22. The molecule has 0 unspecified atom stereocenters. The Bertz CT molecular complexity index is 324. The topological polar surface area (TPSA) is 90.9 Å². The molecule has 0 aromatic rings. The van der Waals surface area contributed by atoms with Crippen molar-refractivity contribution in [3.8, 4) is 0 Å². The molecule has 0 aromatic carbocycles. The first-order chi connectivity index (χ1) is 7.61. The Labute approximate surface area is 91.3 Å². The summed E-state index contributed by atoms with van der Waals surface area (Å²) >= 11 is 0. The summed E-state index contributed by atoms with van der Waals surface area (Å²) < 4.78 is 13.6. The molecular formula is C9H11NO6. The lowest BCUT2D eigenvalue weighted by atomic mass is 10.3. The van der Waals surface area contributed by atoms with E-state index in [1.807, 2.05) is 0 Å². The van der Waals surface area contributed by atoms with Crippen molar-refractivity contribution in [1.82, 2.24) is 5.32 Å². The van der Waals surface area contributed by atoms with Crippen molar-refractivity contribution in [2.24, 2.45) is 0 Å². The zero-order valence-electron chi connectivity index (χ0n) is 8.60. The summed E-state index contributed by atoms with van der Waals surface area (Å²) in [7, 11) is 1.20. The van der Waals surface area contributed by atoms with Crippen LogP contribution in [-0.4, -0.2) is 44.4 Å². The third-order valence-electron chi connectivity index (χ3n) is 1.72. The van der Waals surface area contributed by atoms with Gasteiger partial charge in [0.1, 0.15) is 19.3 Å². The SMILES string of the molecule is COC(=O)/C=C/C(=O)OC[C@H]1COC(=O)N1. The van der Waals surface area contributed by atoms with Gasteiger partial charge >= 0.3 is 18.0 Å². The van der Waals surface area contributed by atoms with Gasteiger partial charge < -0.3 is 19.5 Å². The van der Waals surface area contributed by atoms with Gasteiger partial charge in [-0.05, 0) is 0 Å². The average molecular weight is 229 g/mol. The third kappa shape index (κ3) is 3.99. The molecule has 0 saturated carbocycles. The summed E-state index contributed by atoms with van der Waals surface area (Å²) in [6.07, 6.45) is 1.36. The number of esters is 2. The predicted octanol–water partition coefficient (Wildman–Crippen LogP) is -0.633. The van der Waals surface area contributed by atoms with Crippen LogP contribution in [0.25, 0.3) is 0 Å². The van der Waals surface area contributed by atoms with E-state index in [0.29, 0.717) is 0 Å². The Kier molecular flexibility index (Phi) is 4.31. The van der Waals surface area contributed by atoms with Gasteiger partial charge in [0.05, 0.1) is 7.11 Å². The van der Waals surface area contributed by atoms with Crippen LogP contribution in [0.1, 0.15) is 0 Å². The highest BCUT2D eigenvalue weighted by molar-refractivity contribution is 5.91. The minimum atomic E-state index is -0.688. The van der Waals surface area contributed by atoms with Crippen molar-refractivity contribution in [3.63, 3.8) is 0 Å². The molecule has 1 amide bonds. The van der Waals surface area contributed by atoms with E-state index in [4.69, 9.17) is 4.74 Å². The van der Waals surface area contributed by atoms with E-state index < -0.39 is 18.0 Å². The van der Waals surface area contributed by atoms with Gasteiger partial charge in [0, 0.05) is 12.2 Å². The minimum Gasteiger partial charge on any atom is -0.466 e. The van der Waals surface area contributed by atoms with Gasteiger partial charge in [-0.1, -0.05) is 0 Å². The van der Waals surface area contributed by atoms with Gasteiger partial charge in [-0.3, -0.25) is 0 Å². The average Bonchev–Trinajstić information content (AvgIpc) is 2.69. The first-order valence-electron chi connectivity index (χ1n) is 4.48. The zero-order valence-corrected chi connectivity index (χ0v) is 8.60. The van der Waals surface area contributed by atoms with Crippen molar-refractivity contribution in [3.05, 3.63) is 12.2 Å². The van der Waals surface area contributed by atoms with Gasteiger partial charge in [0.2, 0.25) is 0 Å². The number of hydrogen-bond acceptors (Lipinski definition) is 6. The number of ether oxygens (including phenoxy) is 3. The van der Waals surface area contributed by atoms with Crippen LogP contribution in [0.2, 0.25) is 0 Å². The van der Waals surface area contributed by atoms with Crippen LogP contribution in [-0.2, 0) is 23.8 Å². The first-order valence-corrected chi connectivity index (χ1v) is 4.48. The molecule has 0 aliphatic carbocycles. The normalized spacial score (nSPS) is 19.1. The fourth-order valence-corrected chi connectivity index (χ4v) is 0.951. The Morgan fingerprint density at radius 2 is 2.19 bits per heavy atom. The number of nitrogens with one attached hydrogen (secondary N) is 1. The van der Waals surface area contributed by atoms with Crippen LogP contribution in [0.4, 0.5) is 4.79 Å². The molecule has 1 aliphatic rings. The maximum atomic E-state index is 11.0. The summed E-state index contributed by atoms with van der Waals surface area (Å²) in [4.78, 5) is 32.3. The molecule has 88 valence electrons. The number of cyclic esters (lactones) is 1. The van der Waals surface area contributed by atoms with Gasteiger partial charge in [-0.15, -0.1) is 0 Å². The summed E-state index contributed by atoms with van der Waals surface area (Å²) in [5.41, 5.74) is 0. The molecule has 1 fully saturated rings. The molecule has 7 nitrogen and oxygen atoms in total. The molecule has 16 heavy (non-hydrogen) atoms. The second-order valence-electron chi connectivity index (χ2n) is 2.93. The molecule has 0 radical (unpaired) electrons. The van der Waals surface area contributed by atoms with Gasteiger partial charge in [0.25, 0.3) is 0 Å². The van der Waals surface area contributed by atoms with Crippen LogP contribution in [0.5, 0.6) is 0 Å². The summed E-state index contributed by atoms with van der Waals surface area (Å²) in [6, 6.07) is -0.344. The minimum absolute atomic E-state index is 0.00388. The zero-order chi connectivity index (χ0) is 12.0. The number of alkyl carbamates (subject to hydrolysis) is 1. The number of rotatable bonds is 4. The highest BCUT2D eigenvalue weighted by Gasteiger charge is 2.22. The summed E-state index contributed by atoms with van der Waals surface area (Å²) in [6.45, 7) is 0.156. The Hall–Kier alpha value is -2.05. The van der Waals surface area contributed by atoms with E-state index in [2.05, 4.69) is 14.8 Å². The number of carbonyl (C=O) groups is 3. The molecule has 1 aliphatic heterocycles. The second-order valence-corrected chi connectivity index (χ2v) is 2.93. The summed E-state index contributed by atoms with van der Waals surface area (Å²) in [5.74, 6) is -1.33. The van der Waals surface area contributed by atoms with Crippen LogP contribution < -0.4 is 5.32 Å². The predicted molar refractivity (Wildman–Crippen MR) is 50.4 cm³/mol. The van der Waals surface area contributed by atoms with Crippen molar-refractivity contribution < 1.29 is 28.6 Å². The first kappa shape index (κ1) is 12.0. The molecule has 0 spiro atoms. The van der Waals surface area contributed by atoms with Crippen LogP contribution in [0.3, 0.4) is 0 Å². The third-order valence-corrected chi connectivity index (χ3v) is 1.72. The molecule has 0 aromatic heterocycles. The molecule has 7 heteroatoms. The lowest BCUT2D eigenvalue weighted by molar-refractivity contribution is -0.139. The summed E-state index contributed by atoms with van der Waals surface area (Å²) in [5, 5.41) is 2.43. The van der Waals surface area contributed by atoms with Crippen molar-refractivity contribution >= 4 is 18.0 Å². The van der Waals surface area contributed by atoms with E-state index in [0.717, 1.165) is 12.2 Å².